The molecule has 1 aliphatic heterocycles. The third-order valence-electron chi connectivity index (χ3n) is 5.14. The predicted molar refractivity (Wildman–Crippen MR) is 97.2 cm³/mol. The molecule has 1 saturated heterocycles. The molecule has 3 rings (SSSR count). The fourth-order valence-corrected chi connectivity index (χ4v) is 3.71. The second-order valence-corrected chi connectivity index (χ2v) is 7.07. The second kappa shape index (κ2) is 7.86. The van der Waals surface area contributed by atoms with Gasteiger partial charge in [0, 0.05) is 18.5 Å². The molecular weight excluding hydrogens is 331 g/mol. The number of hydrogen-bond acceptors (Lipinski definition) is 4. The Morgan fingerprint density at radius 3 is 2.62 bits per heavy atom. The molecule has 1 N–H and O–H groups in total. The van der Waals surface area contributed by atoms with Crippen LogP contribution in [0.5, 0.6) is 5.75 Å². The van der Waals surface area contributed by atoms with E-state index in [-0.39, 0.29) is 17.8 Å². The van der Waals surface area contributed by atoms with E-state index in [0.29, 0.717) is 11.3 Å². The van der Waals surface area contributed by atoms with Crippen LogP contribution in [0.4, 0.5) is 4.39 Å². The van der Waals surface area contributed by atoms with Gasteiger partial charge in [-0.3, -0.25) is 4.90 Å². The smallest absolute Gasteiger partial charge is 0.136 e. The molecule has 1 fully saturated rings. The van der Waals surface area contributed by atoms with Crippen LogP contribution in [0.2, 0.25) is 0 Å². The molecule has 1 heterocycles. The first-order valence-electron chi connectivity index (χ1n) is 8.72. The Hall–Kier alpha value is -2.42. The first kappa shape index (κ1) is 18.4. The first-order valence-corrected chi connectivity index (χ1v) is 8.72. The molecule has 2 aromatic carbocycles. The highest BCUT2D eigenvalue weighted by Gasteiger charge is 2.37. The van der Waals surface area contributed by atoms with Crippen molar-refractivity contribution in [1.29, 1.82) is 5.26 Å². The predicted octanol–water partition coefficient (Wildman–Crippen LogP) is 3.13. The van der Waals surface area contributed by atoms with Crippen molar-refractivity contribution in [3.05, 3.63) is 65.0 Å². The number of methoxy groups -OCH3 is 1. The zero-order valence-electron chi connectivity index (χ0n) is 14.9. The summed E-state index contributed by atoms with van der Waals surface area (Å²) < 4.78 is 18.4. The Balaban J connectivity index is 1.68. The number of likely N-dealkylation sites (tertiary alicyclic amines) is 1. The summed E-state index contributed by atoms with van der Waals surface area (Å²) in [7, 11) is 1.56. The summed E-state index contributed by atoms with van der Waals surface area (Å²) in [6.45, 7) is 2.53. The molecule has 0 bridgehead atoms. The van der Waals surface area contributed by atoms with Gasteiger partial charge in [-0.2, -0.15) is 5.26 Å². The van der Waals surface area contributed by atoms with Gasteiger partial charge in [-0.25, -0.2) is 4.39 Å². The Morgan fingerprint density at radius 1 is 1.23 bits per heavy atom. The summed E-state index contributed by atoms with van der Waals surface area (Å²) in [6, 6.07) is 14.3. The van der Waals surface area contributed by atoms with Crippen molar-refractivity contribution in [3.8, 4) is 11.8 Å². The fraction of sp³-hybridized carbons (Fsp3) is 0.381. The molecule has 2 aromatic rings. The normalized spacial score (nSPS) is 20.1. The van der Waals surface area contributed by atoms with Gasteiger partial charge in [0.1, 0.15) is 17.6 Å². The molecule has 0 spiro atoms. The molecule has 0 saturated carbocycles. The van der Waals surface area contributed by atoms with E-state index in [2.05, 4.69) is 11.0 Å². The molecule has 26 heavy (non-hydrogen) atoms. The van der Waals surface area contributed by atoms with Crippen molar-refractivity contribution in [2.75, 3.05) is 26.8 Å². The largest absolute Gasteiger partial charge is 0.495 e. The van der Waals surface area contributed by atoms with Crippen LogP contribution in [-0.2, 0) is 13.0 Å². The average molecular weight is 354 g/mol. The first-order chi connectivity index (χ1) is 12.6. The van der Waals surface area contributed by atoms with Crippen LogP contribution in [0.25, 0.3) is 0 Å². The maximum Gasteiger partial charge on any atom is 0.136 e. The lowest BCUT2D eigenvalue weighted by Crippen LogP contribution is -2.32. The van der Waals surface area contributed by atoms with Crippen molar-refractivity contribution in [1.82, 2.24) is 4.90 Å². The third-order valence-corrected chi connectivity index (χ3v) is 5.14. The van der Waals surface area contributed by atoms with E-state index in [4.69, 9.17) is 10.00 Å². The molecule has 0 aromatic heterocycles. The number of halogens is 1. The SMILES string of the molecule is COc1cc(CN2CCC(CO)(Cc3ccc(F)cc3)C2)ccc1C#N. The van der Waals surface area contributed by atoms with Crippen LogP contribution in [0.15, 0.2) is 42.5 Å². The van der Waals surface area contributed by atoms with E-state index in [1.807, 2.05) is 12.1 Å². The molecule has 5 heteroatoms. The lowest BCUT2D eigenvalue weighted by molar-refractivity contribution is 0.127. The maximum atomic E-state index is 13.1. The number of nitriles is 1. The van der Waals surface area contributed by atoms with Gasteiger partial charge in [-0.1, -0.05) is 18.2 Å². The van der Waals surface area contributed by atoms with Crippen molar-refractivity contribution in [3.63, 3.8) is 0 Å². The fourth-order valence-electron chi connectivity index (χ4n) is 3.71. The van der Waals surface area contributed by atoms with Crippen LogP contribution in [0, 0.1) is 22.6 Å². The minimum absolute atomic E-state index is 0.109. The number of aliphatic hydroxyl groups is 1. The van der Waals surface area contributed by atoms with Crippen molar-refractivity contribution < 1.29 is 14.2 Å². The third kappa shape index (κ3) is 4.04. The monoisotopic (exact) mass is 354 g/mol. The van der Waals surface area contributed by atoms with Crippen molar-refractivity contribution in [2.24, 2.45) is 5.41 Å². The van der Waals surface area contributed by atoms with Crippen molar-refractivity contribution >= 4 is 0 Å². The maximum absolute atomic E-state index is 13.1. The summed E-state index contributed by atoms with van der Waals surface area (Å²) in [5.41, 5.74) is 2.45. The summed E-state index contributed by atoms with van der Waals surface area (Å²) in [5, 5.41) is 19.1. The second-order valence-electron chi connectivity index (χ2n) is 7.07. The summed E-state index contributed by atoms with van der Waals surface area (Å²) >= 11 is 0. The minimum Gasteiger partial charge on any atom is -0.495 e. The lowest BCUT2D eigenvalue weighted by Gasteiger charge is -2.27. The van der Waals surface area contributed by atoms with Gasteiger partial charge < -0.3 is 9.84 Å². The van der Waals surface area contributed by atoms with E-state index in [1.54, 1.807) is 25.3 Å². The highest BCUT2D eigenvalue weighted by atomic mass is 19.1. The average Bonchev–Trinajstić information content (AvgIpc) is 3.06. The van der Waals surface area contributed by atoms with Crippen LogP contribution in [0.1, 0.15) is 23.1 Å². The topological polar surface area (TPSA) is 56.5 Å². The van der Waals surface area contributed by atoms with Gasteiger partial charge in [0.25, 0.3) is 0 Å². The Bertz CT molecular complexity index is 801. The van der Waals surface area contributed by atoms with Crippen LogP contribution >= 0.6 is 0 Å². The van der Waals surface area contributed by atoms with Gasteiger partial charge in [-0.05, 0) is 54.8 Å². The standard InChI is InChI=1S/C21H23FN2O2/c1-26-20-10-17(2-5-18(20)12-23)13-24-9-8-21(14-24,15-25)11-16-3-6-19(22)7-4-16/h2-7,10,25H,8-9,11,13-15H2,1H3. The van der Waals surface area contributed by atoms with Crippen LogP contribution < -0.4 is 4.74 Å². The Morgan fingerprint density at radius 2 is 1.96 bits per heavy atom. The zero-order chi connectivity index (χ0) is 18.6. The molecule has 0 radical (unpaired) electrons. The van der Waals surface area contributed by atoms with Crippen molar-refractivity contribution in [2.45, 2.75) is 19.4 Å². The van der Waals surface area contributed by atoms with Gasteiger partial charge in [0.05, 0.1) is 19.3 Å². The number of rotatable bonds is 6. The Kier molecular flexibility index (Phi) is 5.55. The highest BCUT2D eigenvalue weighted by Crippen LogP contribution is 2.35. The molecule has 1 atom stereocenters. The van der Waals surface area contributed by atoms with E-state index in [0.717, 1.165) is 43.6 Å². The van der Waals surface area contributed by atoms with E-state index in [1.165, 1.54) is 12.1 Å². The minimum atomic E-state index is -0.241. The number of hydrogen-bond donors (Lipinski definition) is 1. The molecular formula is C21H23FN2O2. The number of aliphatic hydroxyl groups excluding tert-OH is 1. The highest BCUT2D eigenvalue weighted by molar-refractivity contribution is 5.45. The molecule has 136 valence electrons. The number of benzene rings is 2. The summed E-state index contributed by atoms with van der Waals surface area (Å²) in [4.78, 5) is 2.31. The molecule has 0 amide bonds. The van der Waals surface area contributed by atoms with Crippen LogP contribution in [-0.4, -0.2) is 36.8 Å². The molecule has 0 aliphatic carbocycles. The van der Waals surface area contributed by atoms with Gasteiger partial charge >= 0.3 is 0 Å². The van der Waals surface area contributed by atoms with E-state index >= 15 is 0 Å². The van der Waals surface area contributed by atoms with E-state index in [9.17, 15) is 9.50 Å². The molecule has 1 aliphatic rings. The lowest BCUT2D eigenvalue weighted by atomic mass is 9.81. The van der Waals surface area contributed by atoms with Gasteiger partial charge in [0.15, 0.2) is 0 Å². The molecule has 4 nitrogen and oxygen atoms in total. The van der Waals surface area contributed by atoms with E-state index < -0.39 is 0 Å². The summed E-state index contributed by atoms with van der Waals surface area (Å²) in [5.74, 6) is 0.346. The molecule has 1 unspecified atom stereocenters. The van der Waals surface area contributed by atoms with Gasteiger partial charge in [-0.15, -0.1) is 0 Å². The van der Waals surface area contributed by atoms with Gasteiger partial charge in [0.2, 0.25) is 0 Å². The summed E-state index contributed by atoms with van der Waals surface area (Å²) in [6.07, 6.45) is 1.63. The van der Waals surface area contributed by atoms with Crippen LogP contribution in [0.3, 0.4) is 0 Å². The quantitative estimate of drug-likeness (QED) is 0.866. The number of nitrogens with zero attached hydrogens (tertiary/aromatic N) is 2. The Labute approximate surface area is 153 Å². The zero-order valence-corrected chi connectivity index (χ0v) is 14.9. The number of ether oxygens (including phenoxy) is 1.